The second kappa shape index (κ2) is 22.9. The molecule has 1 N–H and O–H groups in total. The van der Waals surface area contributed by atoms with E-state index in [0.717, 1.165) is 0 Å². The molecule has 3 aromatic rings. The highest BCUT2D eigenvalue weighted by atomic mass is 16.7. The van der Waals surface area contributed by atoms with E-state index >= 15 is 0 Å². The molecular formula is C53H66O18. The van der Waals surface area contributed by atoms with Gasteiger partial charge in [-0.3, -0.25) is 19.2 Å². The van der Waals surface area contributed by atoms with Crippen LogP contribution < -0.4 is 0 Å². The zero-order valence-corrected chi connectivity index (χ0v) is 42.2. The van der Waals surface area contributed by atoms with Gasteiger partial charge in [-0.2, -0.15) is 0 Å². The smallest absolute Gasteiger partial charge is 0.338 e. The monoisotopic (exact) mass is 990 g/mol. The fourth-order valence-corrected chi connectivity index (χ4v) is 6.74. The highest BCUT2D eigenvalue weighted by molar-refractivity contribution is 5.91. The topological polar surface area (TPSA) is 232 Å². The van der Waals surface area contributed by atoms with Crippen LogP contribution in [0.2, 0.25) is 0 Å². The van der Waals surface area contributed by atoms with Crippen molar-refractivity contribution in [3.63, 3.8) is 0 Å². The Kier molecular flexibility index (Phi) is 18.0. The van der Waals surface area contributed by atoms with Crippen LogP contribution in [-0.4, -0.2) is 122 Å². The molecule has 2 heterocycles. The molecule has 2 aliphatic heterocycles. The van der Waals surface area contributed by atoms with Crippen LogP contribution in [0, 0.1) is 21.7 Å². The van der Waals surface area contributed by atoms with Crippen molar-refractivity contribution in [1.82, 2.24) is 0 Å². The Bertz CT molecular complexity index is 2320. The average molecular weight is 991 g/mol. The fraction of sp³-hybridized carbons (Fsp3) is 0.528. The lowest BCUT2D eigenvalue weighted by atomic mass is 9.93. The summed E-state index contributed by atoms with van der Waals surface area (Å²) in [5.41, 5.74) is -4.32. The molecule has 0 saturated carbocycles. The summed E-state index contributed by atoms with van der Waals surface area (Å²) in [6.45, 7) is 17.7. The number of carbonyl (C=O) groups excluding carboxylic acids is 7. The minimum Gasteiger partial charge on any atom is -0.462 e. The van der Waals surface area contributed by atoms with E-state index in [2.05, 4.69) is 0 Å². The van der Waals surface area contributed by atoms with Crippen molar-refractivity contribution in [3.8, 4) is 0 Å². The lowest BCUT2D eigenvalue weighted by molar-refractivity contribution is -0.329. The van der Waals surface area contributed by atoms with Gasteiger partial charge in [0.25, 0.3) is 0 Å². The molecule has 386 valence electrons. The molecule has 18 nitrogen and oxygen atoms in total. The van der Waals surface area contributed by atoms with Crippen LogP contribution in [0.25, 0.3) is 0 Å². The van der Waals surface area contributed by atoms with E-state index in [1.165, 1.54) is 36.4 Å². The van der Waals surface area contributed by atoms with Crippen LogP contribution >= 0.6 is 0 Å². The highest BCUT2D eigenvalue weighted by Gasteiger charge is 2.57. The Morgan fingerprint density at radius 2 is 0.732 bits per heavy atom. The number of hydrogen-bond donors (Lipinski definition) is 1. The molecule has 0 aromatic heterocycles. The van der Waals surface area contributed by atoms with Gasteiger partial charge in [-0.15, -0.1) is 0 Å². The molecule has 0 spiro atoms. The number of ether oxygens (including phenoxy) is 10. The van der Waals surface area contributed by atoms with Gasteiger partial charge in [0.05, 0.1) is 45.0 Å². The molecule has 0 bridgehead atoms. The Morgan fingerprint density at radius 1 is 0.408 bits per heavy atom. The van der Waals surface area contributed by atoms with Crippen LogP contribution in [0.5, 0.6) is 0 Å². The van der Waals surface area contributed by atoms with Gasteiger partial charge >= 0.3 is 41.8 Å². The first-order valence-electron chi connectivity index (χ1n) is 23.3. The number of benzene rings is 3. The molecule has 10 atom stereocenters. The molecule has 5 rings (SSSR count). The van der Waals surface area contributed by atoms with Crippen molar-refractivity contribution in [2.24, 2.45) is 21.7 Å². The summed E-state index contributed by atoms with van der Waals surface area (Å²) >= 11 is 0. The van der Waals surface area contributed by atoms with E-state index in [-0.39, 0.29) is 16.7 Å². The Labute approximate surface area is 413 Å². The molecule has 2 aliphatic rings. The molecule has 0 aliphatic carbocycles. The number of hydrogen-bond acceptors (Lipinski definition) is 18. The van der Waals surface area contributed by atoms with Crippen molar-refractivity contribution in [3.05, 3.63) is 108 Å². The first-order chi connectivity index (χ1) is 33.1. The first kappa shape index (κ1) is 55.7. The minimum absolute atomic E-state index is 0.0532. The van der Waals surface area contributed by atoms with Gasteiger partial charge in [0.15, 0.2) is 49.2 Å². The van der Waals surface area contributed by atoms with Crippen LogP contribution in [0.3, 0.4) is 0 Å². The van der Waals surface area contributed by atoms with Gasteiger partial charge in [0.2, 0.25) is 0 Å². The second-order valence-corrected chi connectivity index (χ2v) is 21.4. The summed E-state index contributed by atoms with van der Waals surface area (Å²) in [6, 6.07) is 23.2. The number of esters is 7. The van der Waals surface area contributed by atoms with Crippen molar-refractivity contribution in [2.45, 2.75) is 144 Å². The third-order valence-electron chi connectivity index (χ3n) is 10.9. The largest absolute Gasteiger partial charge is 0.462 e. The van der Waals surface area contributed by atoms with E-state index in [0.29, 0.717) is 0 Å². The lowest BCUT2D eigenvalue weighted by Gasteiger charge is -2.47. The molecular weight excluding hydrogens is 925 g/mol. The summed E-state index contributed by atoms with van der Waals surface area (Å²) in [4.78, 5) is 96.2. The van der Waals surface area contributed by atoms with E-state index in [4.69, 9.17) is 47.4 Å². The summed E-state index contributed by atoms with van der Waals surface area (Å²) in [7, 11) is 0. The predicted molar refractivity (Wildman–Crippen MR) is 251 cm³/mol. The van der Waals surface area contributed by atoms with Crippen molar-refractivity contribution >= 4 is 41.8 Å². The molecule has 0 amide bonds. The van der Waals surface area contributed by atoms with E-state index in [1.54, 1.807) is 138 Å². The standard InChI is InChI=1S/C53H66O18/c1-50(2,3)46(58)63-29-34-36(69-47(59)51(4,5)6)38(70-48(60)52(7,8)9)40(71-49(61)53(10,11)12)45(65-34)62-28-33-35(66-41(54)30-22-16-13-17-23-30)37(67-42(55)31-24-18-14-19-25-31)39(44(57)64-33)68-43(56)32-26-20-15-21-27-32/h13-27,33-40,44-45,57H,28-29H2,1-12H3/t33-,34-,35-,36-,37+,38+,39-,40-,44?,45-/m1/s1. The number of rotatable bonds is 14. The van der Waals surface area contributed by atoms with Crippen molar-refractivity contribution < 1.29 is 86.0 Å². The SMILES string of the molecule is CC(C)(C)C(=O)OC[C@H]1O[C@@H](OC[C@H]2OC(O)[C@H](OC(=O)c3ccccc3)[C@@H](OC(=O)c3ccccc3)[C@@H]2OC(=O)c2ccccc2)[C@H](OC(=O)C(C)(C)C)[C@@H](OC(=O)C(C)(C)C)[C@@H]1OC(=O)C(C)(C)C. The zero-order valence-electron chi connectivity index (χ0n) is 42.2. The van der Waals surface area contributed by atoms with Crippen molar-refractivity contribution in [1.29, 1.82) is 0 Å². The van der Waals surface area contributed by atoms with Crippen LogP contribution in [0.4, 0.5) is 0 Å². The summed E-state index contributed by atoms with van der Waals surface area (Å²) in [6.07, 6.45) is -17.4. The fourth-order valence-electron chi connectivity index (χ4n) is 6.74. The van der Waals surface area contributed by atoms with Gasteiger partial charge in [-0.25, -0.2) is 14.4 Å². The average Bonchev–Trinajstić information content (AvgIpc) is 3.30. The molecule has 0 radical (unpaired) electrons. The maximum absolute atomic E-state index is 14.0. The molecule has 1 unspecified atom stereocenters. The summed E-state index contributed by atoms with van der Waals surface area (Å²) in [5.74, 6) is -5.94. The summed E-state index contributed by atoms with van der Waals surface area (Å²) in [5, 5.41) is 11.7. The van der Waals surface area contributed by atoms with E-state index in [1.807, 2.05) is 0 Å². The quantitative estimate of drug-likeness (QED) is 0.133. The molecule has 2 fully saturated rings. The Balaban J connectivity index is 1.63. The van der Waals surface area contributed by atoms with E-state index in [9.17, 15) is 38.7 Å². The highest BCUT2D eigenvalue weighted by Crippen LogP contribution is 2.36. The zero-order chi connectivity index (χ0) is 52.6. The van der Waals surface area contributed by atoms with E-state index < -0.39 is 138 Å². The molecule has 18 heteroatoms. The van der Waals surface area contributed by atoms with Crippen molar-refractivity contribution in [2.75, 3.05) is 13.2 Å². The maximum atomic E-state index is 14.0. The third kappa shape index (κ3) is 14.9. The molecule has 3 aromatic carbocycles. The maximum Gasteiger partial charge on any atom is 0.338 e. The number of carbonyl (C=O) groups is 7. The summed E-state index contributed by atoms with van der Waals surface area (Å²) < 4.78 is 60.7. The predicted octanol–water partition coefficient (Wildman–Crippen LogP) is 6.58. The minimum atomic E-state index is -2.08. The number of aliphatic hydroxyl groups excluding tert-OH is 1. The second-order valence-electron chi connectivity index (χ2n) is 21.4. The molecule has 2 saturated heterocycles. The van der Waals surface area contributed by atoms with Crippen LogP contribution in [-0.2, 0) is 66.5 Å². The van der Waals surface area contributed by atoms with Gasteiger partial charge in [-0.1, -0.05) is 54.6 Å². The number of aliphatic hydroxyl groups is 1. The van der Waals surface area contributed by atoms with Crippen LogP contribution in [0.15, 0.2) is 91.0 Å². The normalized spacial score (nSPS) is 24.9. The van der Waals surface area contributed by atoms with Gasteiger partial charge in [-0.05, 0) is 119 Å². The van der Waals surface area contributed by atoms with Gasteiger partial charge < -0.3 is 52.5 Å². The van der Waals surface area contributed by atoms with Gasteiger partial charge in [0, 0.05) is 0 Å². The van der Waals surface area contributed by atoms with Crippen LogP contribution in [0.1, 0.15) is 114 Å². The molecule has 71 heavy (non-hydrogen) atoms. The van der Waals surface area contributed by atoms with Gasteiger partial charge in [0.1, 0.15) is 18.8 Å². The Morgan fingerprint density at radius 3 is 1.14 bits per heavy atom. The third-order valence-corrected chi connectivity index (χ3v) is 10.9. The first-order valence-corrected chi connectivity index (χ1v) is 23.3. The lowest BCUT2D eigenvalue weighted by Crippen LogP contribution is -2.65. The Hall–Kier alpha value is -6.21.